The van der Waals surface area contributed by atoms with Gasteiger partial charge in [-0.3, -0.25) is 4.79 Å². The third kappa shape index (κ3) is 7.89. The summed E-state index contributed by atoms with van der Waals surface area (Å²) in [7, 11) is 1.26. The maximum atomic E-state index is 12.5. The number of aromatic nitrogens is 2. The van der Waals surface area contributed by atoms with Crippen LogP contribution in [0, 0.1) is 0 Å². The first-order valence-corrected chi connectivity index (χ1v) is 10.6. The molecule has 7 nitrogen and oxygen atoms in total. The van der Waals surface area contributed by atoms with E-state index >= 15 is 0 Å². The van der Waals surface area contributed by atoms with Crippen molar-refractivity contribution >= 4 is 27.9 Å². The van der Waals surface area contributed by atoms with Gasteiger partial charge in [-0.05, 0) is 31.0 Å². The second-order valence-corrected chi connectivity index (χ2v) is 7.42. The summed E-state index contributed by atoms with van der Waals surface area (Å²) >= 11 is 3.42. The molecule has 2 N–H and O–H groups in total. The second-order valence-electron chi connectivity index (χ2n) is 6.50. The molecule has 0 radical (unpaired) electrons. The highest BCUT2D eigenvalue weighted by Gasteiger charge is 2.23. The van der Waals surface area contributed by atoms with Gasteiger partial charge in [-0.2, -0.15) is 0 Å². The van der Waals surface area contributed by atoms with E-state index in [1.54, 1.807) is 11.1 Å². The van der Waals surface area contributed by atoms with Gasteiger partial charge in [0.15, 0.2) is 0 Å². The fraction of sp³-hybridized carbons (Fsp3) is 0.476. The molecule has 1 aromatic heterocycles. The number of alkyl carbamates (subject to hydrolysis) is 1. The van der Waals surface area contributed by atoms with Crippen molar-refractivity contribution in [1.82, 2.24) is 20.2 Å². The first-order chi connectivity index (χ1) is 13.9. The molecule has 0 spiro atoms. The summed E-state index contributed by atoms with van der Waals surface area (Å²) in [6.45, 7) is 8.61. The number of nitrogens with one attached hydrogen (secondary N) is 2. The van der Waals surface area contributed by atoms with Crippen molar-refractivity contribution in [2.45, 2.75) is 46.6 Å². The van der Waals surface area contributed by atoms with E-state index in [0.717, 1.165) is 22.2 Å². The molecule has 0 fully saturated rings. The monoisotopic (exact) mass is 466 g/mol. The van der Waals surface area contributed by atoms with E-state index in [0.29, 0.717) is 12.4 Å². The Bertz CT molecular complexity index is 762. The molecule has 2 aromatic rings. The number of methoxy groups -OCH3 is 1. The van der Waals surface area contributed by atoms with E-state index in [1.165, 1.54) is 13.5 Å². The lowest BCUT2D eigenvalue weighted by atomic mass is 10.2. The molecule has 8 heteroatoms. The Morgan fingerprint density at radius 3 is 2.41 bits per heavy atom. The molecule has 1 aromatic carbocycles. The average molecular weight is 467 g/mol. The lowest BCUT2D eigenvalue weighted by molar-refractivity contribution is -0.132. The summed E-state index contributed by atoms with van der Waals surface area (Å²) in [5.74, 6) is 0.508. The van der Waals surface area contributed by atoms with Crippen molar-refractivity contribution in [2.24, 2.45) is 0 Å². The molecule has 2 rings (SSSR count). The molecule has 2 amide bonds. The summed E-state index contributed by atoms with van der Waals surface area (Å²) in [6.07, 6.45) is 3.18. The number of imidazole rings is 1. The molecule has 0 aliphatic heterocycles. The van der Waals surface area contributed by atoms with Crippen LogP contribution in [-0.4, -0.2) is 47.1 Å². The van der Waals surface area contributed by atoms with Gasteiger partial charge in [-0.15, -0.1) is 0 Å². The molecule has 1 heterocycles. The topological polar surface area (TPSA) is 87.3 Å². The van der Waals surface area contributed by atoms with Crippen molar-refractivity contribution in [3.05, 3.63) is 40.8 Å². The Hall–Kier alpha value is -2.35. The minimum Gasteiger partial charge on any atom is -0.453 e. The summed E-state index contributed by atoms with van der Waals surface area (Å²) in [5.41, 5.74) is 1.90. The standard InChI is InChI=1S/C18H23BrN4O3.C3H8/c1-4-9-23(16(24)11-21-18(25)26-3)12(2)17-20-10-15(22-17)13-5-7-14(19)8-6-13;1-3-2/h5-8,10,12H,4,9,11H2,1-3H3,(H,20,22)(H,21,25);3H2,1-2H3. The number of rotatable bonds is 7. The lowest BCUT2D eigenvalue weighted by Crippen LogP contribution is -2.42. The number of halogens is 1. The van der Waals surface area contributed by atoms with Crippen LogP contribution in [0.4, 0.5) is 4.79 Å². The highest BCUT2D eigenvalue weighted by molar-refractivity contribution is 9.10. The Morgan fingerprint density at radius 2 is 1.86 bits per heavy atom. The average Bonchev–Trinajstić information content (AvgIpc) is 3.20. The molecule has 0 bridgehead atoms. The minimum absolute atomic E-state index is 0.114. The SMILES string of the molecule is CCC.CCCN(C(=O)CNC(=O)OC)C(C)c1ncc(-c2ccc(Br)cc2)[nH]1. The molecule has 1 unspecified atom stereocenters. The van der Waals surface area contributed by atoms with Crippen LogP contribution >= 0.6 is 15.9 Å². The summed E-state index contributed by atoms with van der Waals surface area (Å²) in [5, 5.41) is 2.43. The van der Waals surface area contributed by atoms with E-state index in [2.05, 4.69) is 49.8 Å². The number of amides is 2. The quantitative estimate of drug-likeness (QED) is 0.606. The largest absolute Gasteiger partial charge is 0.453 e. The van der Waals surface area contributed by atoms with Crippen molar-refractivity contribution in [3.63, 3.8) is 0 Å². The molecular weight excluding hydrogens is 436 g/mol. The van der Waals surface area contributed by atoms with Crippen LogP contribution in [0.2, 0.25) is 0 Å². The normalized spacial score (nSPS) is 11.1. The number of benzene rings is 1. The Balaban J connectivity index is 0.00000132. The summed E-state index contributed by atoms with van der Waals surface area (Å²) in [4.78, 5) is 33.1. The van der Waals surface area contributed by atoms with Gasteiger partial charge in [0.05, 0.1) is 25.0 Å². The van der Waals surface area contributed by atoms with Gasteiger partial charge in [0.25, 0.3) is 0 Å². The van der Waals surface area contributed by atoms with Gasteiger partial charge in [-0.1, -0.05) is 55.3 Å². The number of carbonyl (C=O) groups is 2. The fourth-order valence-electron chi connectivity index (χ4n) is 2.57. The first kappa shape index (κ1) is 24.7. The molecular formula is C21H31BrN4O3. The van der Waals surface area contributed by atoms with Crippen LogP contribution in [-0.2, 0) is 9.53 Å². The summed E-state index contributed by atoms with van der Waals surface area (Å²) < 4.78 is 5.51. The predicted molar refractivity (Wildman–Crippen MR) is 119 cm³/mol. The predicted octanol–water partition coefficient (Wildman–Crippen LogP) is 4.91. The van der Waals surface area contributed by atoms with Gasteiger partial charge >= 0.3 is 6.09 Å². The van der Waals surface area contributed by atoms with Crippen LogP contribution in [0.3, 0.4) is 0 Å². The number of aromatic amines is 1. The molecule has 0 aliphatic rings. The Labute approximate surface area is 181 Å². The maximum absolute atomic E-state index is 12.5. The van der Waals surface area contributed by atoms with Crippen molar-refractivity contribution in [2.75, 3.05) is 20.2 Å². The minimum atomic E-state index is -0.627. The van der Waals surface area contributed by atoms with Crippen LogP contribution in [0.1, 0.15) is 52.4 Å². The molecule has 1 atom stereocenters. The third-order valence-corrected chi connectivity index (χ3v) is 4.50. The summed E-state index contributed by atoms with van der Waals surface area (Å²) in [6, 6.07) is 7.66. The van der Waals surface area contributed by atoms with Crippen LogP contribution in [0.25, 0.3) is 11.3 Å². The molecule has 29 heavy (non-hydrogen) atoms. The molecule has 160 valence electrons. The van der Waals surface area contributed by atoms with E-state index < -0.39 is 6.09 Å². The zero-order chi connectivity index (χ0) is 21.8. The van der Waals surface area contributed by atoms with Gasteiger partial charge < -0.3 is 19.9 Å². The third-order valence-electron chi connectivity index (χ3n) is 3.97. The van der Waals surface area contributed by atoms with Crippen molar-refractivity contribution in [3.8, 4) is 11.3 Å². The highest BCUT2D eigenvalue weighted by atomic mass is 79.9. The van der Waals surface area contributed by atoms with Crippen LogP contribution < -0.4 is 5.32 Å². The van der Waals surface area contributed by atoms with Crippen molar-refractivity contribution in [1.29, 1.82) is 0 Å². The van der Waals surface area contributed by atoms with Gasteiger partial charge in [0.1, 0.15) is 12.4 Å². The number of carbonyl (C=O) groups excluding carboxylic acids is 2. The molecule has 0 saturated heterocycles. The van der Waals surface area contributed by atoms with E-state index in [9.17, 15) is 9.59 Å². The van der Waals surface area contributed by atoms with Gasteiger partial charge in [-0.25, -0.2) is 9.78 Å². The zero-order valence-electron chi connectivity index (χ0n) is 17.8. The van der Waals surface area contributed by atoms with Crippen LogP contribution in [0.15, 0.2) is 34.9 Å². The fourth-order valence-corrected chi connectivity index (χ4v) is 2.83. The number of nitrogens with zero attached hydrogens (tertiary/aromatic N) is 2. The van der Waals surface area contributed by atoms with Gasteiger partial charge in [0.2, 0.25) is 5.91 Å². The number of hydrogen-bond acceptors (Lipinski definition) is 4. The lowest BCUT2D eigenvalue weighted by Gasteiger charge is -2.27. The first-order valence-electron chi connectivity index (χ1n) is 9.79. The van der Waals surface area contributed by atoms with Crippen LogP contribution in [0.5, 0.6) is 0 Å². The number of ether oxygens (including phenoxy) is 1. The smallest absolute Gasteiger partial charge is 0.407 e. The maximum Gasteiger partial charge on any atom is 0.407 e. The van der Waals surface area contributed by atoms with Gasteiger partial charge in [0, 0.05) is 11.0 Å². The number of H-pyrrole nitrogens is 1. The van der Waals surface area contributed by atoms with Crippen molar-refractivity contribution < 1.29 is 14.3 Å². The number of hydrogen-bond donors (Lipinski definition) is 2. The Kier molecular flexibility index (Phi) is 11.1. The van der Waals surface area contributed by atoms with E-state index in [1.807, 2.05) is 38.1 Å². The van der Waals surface area contributed by atoms with E-state index in [-0.39, 0.29) is 18.5 Å². The van der Waals surface area contributed by atoms with E-state index in [4.69, 9.17) is 0 Å². The zero-order valence-corrected chi connectivity index (χ0v) is 19.4. The molecule has 0 aliphatic carbocycles. The Morgan fingerprint density at radius 1 is 1.24 bits per heavy atom. The highest BCUT2D eigenvalue weighted by Crippen LogP contribution is 2.24. The molecule has 0 saturated carbocycles. The second kappa shape index (κ2) is 13.0.